The molecule has 1 fully saturated rings. The van der Waals surface area contributed by atoms with Crippen molar-refractivity contribution >= 4 is 12.2 Å². The van der Waals surface area contributed by atoms with Gasteiger partial charge in [-0.25, -0.2) is 9.59 Å². The summed E-state index contributed by atoms with van der Waals surface area (Å²) in [7, 11) is 2.67. The molecule has 16 heavy (non-hydrogen) atoms. The van der Waals surface area contributed by atoms with Crippen molar-refractivity contribution in [2.24, 2.45) is 5.92 Å². The molecule has 0 spiro atoms. The van der Waals surface area contributed by atoms with E-state index in [-0.39, 0.29) is 12.1 Å². The van der Waals surface area contributed by atoms with Gasteiger partial charge >= 0.3 is 12.2 Å². The third kappa shape index (κ3) is 3.29. The monoisotopic (exact) mass is 230 g/mol. The third-order valence-electron chi connectivity index (χ3n) is 2.60. The van der Waals surface area contributed by atoms with Gasteiger partial charge in [0.25, 0.3) is 0 Å². The molecular formula is C10H18N2O4. The molecule has 1 N–H and O–H groups in total. The molecule has 1 heterocycles. The number of alkyl carbamates (subject to hydrolysis) is 1. The fourth-order valence-electron chi connectivity index (χ4n) is 1.96. The van der Waals surface area contributed by atoms with Gasteiger partial charge in [0.15, 0.2) is 0 Å². The van der Waals surface area contributed by atoms with Gasteiger partial charge in [0.2, 0.25) is 0 Å². The van der Waals surface area contributed by atoms with Crippen LogP contribution in [0.15, 0.2) is 0 Å². The number of carbonyl (C=O) groups is 2. The Morgan fingerprint density at radius 2 is 1.94 bits per heavy atom. The fourth-order valence-corrected chi connectivity index (χ4v) is 1.96. The molecule has 6 heteroatoms. The van der Waals surface area contributed by atoms with Gasteiger partial charge in [-0.05, 0) is 12.3 Å². The summed E-state index contributed by atoms with van der Waals surface area (Å²) in [5.74, 6) is 0.329. The molecule has 0 aromatic carbocycles. The second-order valence-corrected chi connectivity index (χ2v) is 4.05. The molecule has 0 aliphatic carbocycles. The van der Waals surface area contributed by atoms with Crippen LogP contribution in [0.1, 0.15) is 13.3 Å². The first-order valence-corrected chi connectivity index (χ1v) is 5.24. The van der Waals surface area contributed by atoms with Crippen LogP contribution in [0.25, 0.3) is 0 Å². The van der Waals surface area contributed by atoms with Crippen molar-refractivity contribution in [1.29, 1.82) is 0 Å². The number of piperidine rings is 1. The van der Waals surface area contributed by atoms with Gasteiger partial charge in [-0.3, -0.25) is 0 Å². The number of ether oxygens (including phenoxy) is 2. The first-order valence-electron chi connectivity index (χ1n) is 5.24. The number of amides is 2. The highest BCUT2D eigenvalue weighted by atomic mass is 16.5. The van der Waals surface area contributed by atoms with Gasteiger partial charge in [-0.15, -0.1) is 0 Å². The summed E-state index contributed by atoms with van der Waals surface area (Å²) in [6.07, 6.45) is 0.00918. The van der Waals surface area contributed by atoms with Crippen molar-refractivity contribution in [2.45, 2.75) is 19.4 Å². The SMILES string of the molecule is COC(=O)NC1CC(C)CN(C(=O)OC)C1. The second kappa shape index (κ2) is 5.58. The van der Waals surface area contributed by atoms with E-state index in [0.29, 0.717) is 19.0 Å². The molecule has 0 aromatic heterocycles. The lowest BCUT2D eigenvalue weighted by molar-refractivity contribution is 0.0912. The Bertz CT molecular complexity index is 270. The zero-order valence-electron chi connectivity index (χ0n) is 9.86. The molecule has 1 aliphatic rings. The summed E-state index contributed by atoms with van der Waals surface area (Å²) in [6.45, 7) is 3.15. The zero-order valence-corrected chi connectivity index (χ0v) is 9.86. The van der Waals surface area contributed by atoms with E-state index in [2.05, 4.69) is 14.8 Å². The zero-order chi connectivity index (χ0) is 12.1. The van der Waals surface area contributed by atoms with Crippen molar-refractivity contribution in [3.8, 4) is 0 Å². The summed E-state index contributed by atoms with van der Waals surface area (Å²) in [5, 5.41) is 2.70. The molecule has 1 saturated heterocycles. The molecule has 2 amide bonds. The summed E-state index contributed by atoms with van der Waals surface area (Å²) in [5.41, 5.74) is 0. The van der Waals surface area contributed by atoms with Gasteiger partial charge in [-0.2, -0.15) is 0 Å². The van der Waals surface area contributed by atoms with Crippen molar-refractivity contribution in [3.63, 3.8) is 0 Å². The Hall–Kier alpha value is -1.46. The van der Waals surface area contributed by atoms with Crippen molar-refractivity contribution in [3.05, 3.63) is 0 Å². The smallest absolute Gasteiger partial charge is 0.409 e. The predicted octanol–water partition coefficient (Wildman–Crippen LogP) is 0.819. The molecule has 0 bridgehead atoms. The lowest BCUT2D eigenvalue weighted by Gasteiger charge is -2.35. The van der Waals surface area contributed by atoms with Crippen molar-refractivity contribution in [2.75, 3.05) is 27.3 Å². The maximum absolute atomic E-state index is 11.4. The Balaban J connectivity index is 2.53. The van der Waals surface area contributed by atoms with Crippen LogP contribution in [0.3, 0.4) is 0 Å². The number of hydrogen-bond acceptors (Lipinski definition) is 4. The number of nitrogens with zero attached hydrogens (tertiary/aromatic N) is 1. The second-order valence-electron chi connectivity index (χ2n) is 4.05. The quantitative estimate of drug-likeness (QED) is 0.724. The van der Waals surface area contributed by atoms with Gasteiger partial charge in [0, 0.05) is 13.1 Å². The largest absolute Gasteiger partial charge is 0.453 e. The minimum absolute atomic E-state index is 0.0738. The van der Waals surface area contributed by atoms with E-state index in [1.807, 2.05) is 6.92 Å². The first kappa shape index (κ1) is 12.6. The van der Waals surface area contributed by atoms with E-state index in [1.54, 1.807) is 4.90 Å². The number of likely N-dealkylation sites (tertiary alicyclic amines) is 1. The van der Waals surface area contributed by atoms with Crippen LogP contribution in [0.2, 0.25) is 0 Å². The predicted molar refractivity (Wildman–Crippen MR) is 57.1 cm³/mol. The average Bonchev–Trinajstić information content (AvgIpc) is 2.27. The number of nitrogens with one attached hydrogen (secondary N) is 1. The molecule has 0 aromatic rings. The highest BCUT2D eigenvalue weighted by Gasteiger charge is 2.29. The van der Waals surface area contributed by atoms with Gasteiger partial charge in [-0.1, -0.05) is 6.92 Å². The van der Waals surface area contributed by atoms with Crippen LogP contribution < -0.4 is 5.32 Å². The Morgan fingerprint density at radius 3 is 2.50 bits per heavy atom. The lowest BCUT2D eigenvalue weighted by Crippen LogP contribution is -2.52. The molecule has 2 atom stereocenters. The average molecular weight is 230 g/mol. The highest BCUT2D eigenvalue weighted by Crippen LogP contribution is 2.17. The lowest BCUT2D eigenvalue weighted by atomic mass is 9.96. The van der Waals surface area contributed by atoms with Gasteiger partial charge < -0.3 is 19.7 Å². The highest BCUT2D eigenvalue weighted by molar-refractivity contribution is 5.69. The number of rotatable bonds is 1. The van der Waals surface area contributed by atoms with Crippen LogP contribution in [-0.2, 0) is 9.47 Å². The number of hydrogen-bond donors (Lipinski definition) is 1. The van der Waals surface area contributed by atoms with E-state index in [0.717, 1.165) is 6.42 Å². The molecule has 6 nitrogen and oxygen atoms in total. The third-order valence-corrected chi connectivity index (χ3v) is 2.60. The Labute approximate surface area is 94.9 Å². The van der Waals surface area contributed by atoms with E-state index in [1.165, 1.54) is 14.2 Å². The Morgan fingerprint density at radius 1 is 1.25 bits per heavy atom. The summed E-state index contributed by atoms with van der Waals surface area (Å²) in [6, 6.07) is -0.0738. The standard InChI is InChI=1S/C10H18N2O4/c1-7-4-8(11-9(13)15-2)6-12(5-7)10(14)16-3/h7-8H,4-6H2,1-3H3,(H,11,13). The molecule has 1 aliphatic heterocycles. The molecular weight excluding hydrogens is 212 g/mol. The van der Waals surface area contributed by atoms with Crippen molar-refractivity contribution in [1.82, 2.24) is 10.2 Å². The van der Waals surface area contributed by atoms with E-state index >= 15 is 0 Å². The van der Waals surface area contributed by atoms with Crippen LogP contribution in [-0.4, -0.2) is 50.4 Å². The normalized spacial score (nSPS) is 24.8. The number of carbonyl (C=O) groups excluding carboxylic acids is 2. The van der Waals surface area contributed by atoms with Gasteiger partial charge in [0.05, 0.1) is 20.3 Å². The molecule has 0 saturated carbocycles. The summed E-state index contributed by atoms with van der Waals surface area (Å²) < 4.78 is 9.19. The van der Waals surface area contributed by atoms with E-state index in [9.17, 15) is 9.59 Å². The molecule has 92 valence electrons. The number of methoxy groups -OCH3 is 2. The van der Waals surface area contributed by atoms with Crippen LogP contribution >= 0.6 is 0 Å². The van der Waals surface area contributed by atoms with E-state index in [4.69, 9.17) is 0 Å². The van der Waals surface area contributed by atoms with Crippen LogP contribution in [0.4, 0.5) is 9.59 Å². The Kier molecular flexibility index (Phi) is 4.39. The molecule has 0 radical (unpaired) electrons. The molecule has 1 rings (SSSR count). The van der Waals surface area contributed by atoms with Gasteiger partial charge in [0.1, 0.15) is 0 Å². The maximum Gasteiger partial charge on any atom is 0.409 e. The maximum atomic E-state index is 11.4. The minimum atomic E-state index is -0.469. The fraction of sp³-hybridized carbons (Fsp3) is 0.800. The molecule has 2 unspecified atom stereocenters. The minimum Gasteiger partial charge on any atom is -0.453 e. The van der Waals surface area contributed by atoms with Crippen molar-refractivity contribution < 1.29 is 19.1 Å². The van der Waals surface area contributed by atoms with Crippen LogP contribution in [0.5, 0.6) is 0 Å². The van der Waals surface area contributed by atoms with Crippen LogP contribution in [0, 0.1) is 5.92 Å². The first-order chi connectivity index (χ1) is 7.56. The summed E-state index contributed by atoms with van der Waals surface area (Å²) >= 11 is 0. The summed E-state index contributed by atoms with van der Waals surface area (Å²) in [4.78, 5) is 24.0. The van der Waals surface area contributed by atoms with E-state index < -0.39 is 6.09 Å². The topological polar surface area (TPSA) is 67.9 Å².